The summed E-state index contributed by atoms with van der Waals surface area (Å²) in [4.78, 5) is 38.7. The fourth-order valence-electron chi connectivity index (χ4n) is 4.43. The van der Waals surface area contributed by atoms with Gasteiger partial charge in [-0.15, -0.1) is 0 Å². The van der Waals surface area contributed by atoms with Crippen LogP contribution in [-0.2, 0) is 16.1 Å². The molecule has 1 saturated heterocycles. The normalized spacial score (nSPS) is 19.3. The summed E-state index contributed by atoms with van der Waals surface area (Å²) in [6.45, 7) is 4.20. The minimum Gasteiger partial charge on any atom is -0.346 e. The van der Waals surface area contributed by atoms with Crippen molar-refractivity contribution in [2.45, 2.75) is 52.1 Å². The van der Waals surface area contributed by atoms with Gasteiger partial charge in [-0.25, -0.2) is 4.79 Å². The van der Waals surface area contributed by atoms with E-state index in [4.69, 9.17) is 0 Å². The highest BCUT2D eigenvalue weighted by Gasteiger charge is 2.36. The van der Waals surface area contributed by atoms with Gasteiger partial charge in [-0.05, 0) is 50.0 Å². The number of carbonyl (C=O) groups excluding carboxylic acids is 3. The topological polar surface area (TPSA) is 71.4 Å². The summed E-state index contributed by atoms with van der Waals surface area (Å²) in [5.74, 6) is -1.21. The summed E-state index contributed by atoms with van der Waals surface area (Å²) in [7, 11) is 0. The zero-order valence-electron chi connectivity index (χ0n) is 16.8. The van der Waals surface area contributed by atoms with Gasteiger partial charge in [0.05, 0.1) is 6.54 Å². The quantitative estimate of drug-likeness (QED) is 0.635. The lowest BCUT2D eigenvalue weighted by Crippen LogP contribution is -2.53. The molecule has 2 heterocycles. The molecule has 1 saturated carbocycles. The average Bonchev–Trinajstić information content (AvgIpc) is 3.31. The maximum atomic E-state index is 13.0. The molecule has 6 nitrogen and oxygen atoms in total. The molecule has 29 heavy (non-hydrogen) atoms. The highest BCUT2D eigenvalue weighted by molar-refractivity contribution is 6.31. The number of amides is 4. The molecule has 2 aliphatic rings. The van der Waals surface area contributed by atoms with Crippen LogP contribution in [0.1, 0.15) is 54.2 Å². The summed E-state index contributed by atoms with van der Waals surface area (Å²) in [5.41, 5.74) is 3.84. The molecule has 0 bridgehead atoms. The van der Waals surface area contributed by atoms with E-state index in [-0.39, 0.29) is 12.1 Å². The number of hydrogen-bond donors (Lipinski definition) is 1. The number of aryl methyl sites for hydroxylation is 1. The fraction of sp³-hybridized carbons (Fsp3) is 0.348. The van der Waals surface area contributed by atoms with Crippen molar-refractivity contribution in [3.05, 3.63) is 64.5 Å². The van der Waals surface area contributed by atoms with Crippen LogP contribution in [-0.4, -0.2) is 27.3 Å². The lowest BCUT2D eigenvalue weighted by molar-refractivity contribution is -0.130. The van der Waals surface area contributed by atoms with Crippen LogP contribution in [0.2, 0.25) is 0 Å². The van der Waals surface area contributed by atoms with Crippen molar-refractivity contribution in [3.8, 4) is 0 Å². The largest absolute Gasteiger partial charge is 0.346 e. The number of rotatable bonds is 4. The average molecular weight is 391 g/mol. The van der Waals surface area contributed by atoms with Crippen molar-refractivity contribution in [1.29, 1.82) is 0 Å². The van der Waals surface area contributed by atoms with Crippen LogP contribution < -0.4 is 5.32 Å². The van der Waals surface area contributed by atoms with Gasteiger partial charge in [-0.1, -0.05) is 43.2 Å². The smallest absolute Gasteiger partial charge is 0.331 e. The van der Waals surface area contributed by atoms with Gasteiger partial charge >= 0.3 is 6.03 Å². The third-order valence-corrected chi connectivity index (χ3v) is 5.88. The third-order valence-electron chi connectivity index (χ3n) is 5.88. The van der Waals surface area contributed by atoms with E-state index in [0.29, 0.717) is 6.04 Å². The van der Waals surface area contributed by atoms with Gasteiger partial charge < -0.3 is 4.57 Å². The van der Waals surface area contributed by atoms with Crippen LogP contribution in [0, 0.1) is 13.8 Å². The van der Waals surface area contributed by atoms with E-state index in [1.807, 2.05) is 43.3 Å². The molecule has 6 heteroatoms. The van der Waals surface area contributed by atoms with Gasteiger partial charge in [-0.2, -0.15) is 0 Å². The Morgan fingerprint density at radius 3 is 2.45 bits per heavy atom. The zero-order valence-corrected chi connectivity index (χ0v) is 16.8. The molecule has 0 spiro atoms. The highest BCUT2D eigenvalue weighted by atomic mass is 16.2. The Labute approximate surface area is 170 Å². The molecule has 1 N–H and O–H groups in total. The van der Waals surface area contributed by atoms with Gasteiger partial charge in [0.15, 0.2) is 0 Å². The Balaban J connectivity index is 1.65. The van der Waals surface area contributed by atoms with Crippen molar-refractivity contribution in [3.63, 3.8) is 0 Å². The maximum Gasteiger partial charge on any atom is 0.331 e. The molecule has 2 aromatic rings. The molecule has 2 fully saturated rings. The standard InChI is InChI=1S/C23H25N3O3/c1-15-12-18(16(2)26(15)19-10-6-7-11-19)13-20-21(27)24-23(29)25(22(20)28)14-17-8-4-3-5-9-17/h3-5,8-9,12-13,19H,6-7,10-11,14H2,1-2H3,(H,24,27,29)/b20-13-. The number of urea groups is 1. The molecule has 150 valence electrons. The first-order chi connectivity index (χ1) is 14.0. The second kappa shape index (κ2) is 7.70. The molecular formula is C23H25N3O3. The minimum absolute atomic E-state index is 0.00722. The van der Waals surface area contributed by atoms with Crippen molar-refractivity contribution >= 4 is 23.9 Å². The lowest BCUT2D eigenvalue weighted by Gasteiger charge is -2.26. The van der Waals surface area contributed by atoms with Gasteiger partial charge in [0.2, 0.25) is 0 Å². The summed E-state index contributed by atoms with van der Waals surface area (Å²) in [6.07, 6.45) is 6.40. The Hall–Kier alpha value is -3.15. The summed E-state index contributed by atoms with van der Waals surface area (Å²) in [5, 5.41) is 2.30. The Bertz CT molecular complexity index is 998. The molecule has 0 radical (unpaired) electrons. The lowest BCUT2D eigenvalue weighted by atomic mass is 10.1. The minimum atomic E-state index is -0.683. The predicted octanol–water partition coefficient (Wildman–Crippen LogP) is 3.88. The van der Waals surface area contributed by atoms with Crippen molar-refractivity contribution in [1.82, 2.24) is 14.8 Å². The van der Waals surface area contributed by atoms with E-state index >= 15 is 0 Å². The molecule has 1 aliphatic carbocycles. The molecule has 1 aromatic carbocycles. The van der Waals surface area contributed by atoms with Gasteiger partial charge in [-0.3, -0.25) is 19.8 Å². The van der Waals surface area contributed by atoms with Crippen LogP contribution in [0.4, 0.5) is 4.79 Å². The second-order valence-corrected chi connectivity index (χ2v) is 7.83. The second-order valence-electron chi connectivity index (χ2n) is 7.83. The van der Waals surface area contributed by atoms with Crippen LogP contribution in [0.25, 0.3) is 6.08 Å². The van der Waals surface area contributed by atoms with Crippen LogP contribution in [0.3, 0.4) is 0 Å². The zero-order chi connectivity index (χ0) is 20.5. The van der Waals surface area contributed by atoms with E-state index < -0.39 is 17.8 Å². The SMILES string of the molecule is Cc1cc(/C=C2/C(=O)NC(=O)N(Cc3ccccc3)C2=O)c(C)n1C1CCCC1. The first-order valence-electron chi connectivity index (χ1n) is 10.1. The summed E-state index contributed by atoms with van der Waals surface area (Å²) >= 11 is 0. The Morgan fingerprint density at radius 1 is 1.07 bits per heavy atom. The van der Waals surface area contributed by atoms with Crippen molar-refractivity contribution in [2.24, 2.45) is 0 Å². The Morgan fingerprint density at radius 2 is 1.76 bits per heavy atom. The fourth-order valence-corrected chi connectivity index (χ4v) is 4.43. The van der Waals surface area contributed by atoms with Gasteiger partial charge in [0.25, 0.3) is 11.8 Å². The third kappa shape index (κ3) is 3.62. The molecule has 4 rings (SSSR count). The number of nitrogens with zero attached hydrogens (tertiary/aromatic N) is 2. The number of hydrogen-bond acceptors (Lipinski definition) is 3. The molecule has 4 amide bonds. The number of carbonyl (C=O) groups is 3. The van der Waals surface area contributed by atoms with E-state index in [9.17, 15) is 14.4 Å². The van der Waals surface area contributed by atoms with E-state index in [0.717, 1.165) is 40.3 Å². The van der Waals surface area contributed by atoms with Gasteiger partial charge in [0, 0.05) is 17.4 Å². The van der Waals surface area contributed by atoms with Crippen LogP contribution in [0.5, 0.6) is 0 Å². The first-order valence-corrected chi connectivity index (χ1v) is 10.1. The number of imide groups is 2. The van der Waals surface area contributed by atoms with E-state index in [1.54, 1.807) is 6.08 Å². The number of barbiturate groups is 1. The van der Waals surface area contributed by atoms with Crippen LogP contribution in [0.15, 0.2) is 42.0 Å². The summed E-state index contributed by atoms with van der Waals surface area (Å²) < 4.78 is 2.32. The van der Waals surface area contributed by atoms with Gasteiger partial charge in [0.1, 0.15) is 5.57 Å². The highest BCUT2D eigenvalue weighted by Crippen LogP contribution is 2.34. The molecule has 1 aliphatic heterocycles. The molecule has 1 aromatic heterocycles. The molecule has 0 atom stereocenters. The first kappa shape index (κ1) is 19.2. The monoisotopic (exact) mass is 391 g/mol. The Kier molecular flexibility index (Phi) is 5.09. The number of aromatic nitrogens is 1. The number of nitrogens with one attached hydrogen (secondary N) is 1. The van der Waals surface area contributed by atoms with E-state index in [1.165, 1.54) is 12.8 Å². The number of benzene rings is 1. The van der Waals surface area contributed by atoms with Crippen molar-refractivity contribution in [2.75, 3.05) is 0 Å². The molecular weight excluding hydrogens is 366 g/mol. The van der Waals surface area contributed by atoms with Crippen LogP contribution >= 0.6 is 0 Å². The maximum absolute atomic E-state index is 13.0. The predicted molar refractivity (Wildman–Crippen MR) is 110 cm³/mol. The van der Waals surface area contributed by atoms with E-state index in [2.05, 4.69) is 16.8 Å². The molecule has 0 unspecified atom stereocenters. The summed E-state index contributed by atoms with van der Waals surface area (Å²) in [6, 6.07) is 11.1. The van der Waals surface area contributed by atoms with Crippen molar-refractivity contribution < 1.29 is 14.4 Å².